The zero-order valence-corrected chi connectivity index (χ0v) is 18.0. The van der Waals surface area contributed by atoms with E-state index in [9.17, 15) is 4.79 Å². The molecule has 5 heteroatoms. The van der Waals surface area contributed by atoms with Crippen molar-refractivity contribution in [3.63, 3.8) is 0 Å². The quantitative estimate of drug-likeness (QED) is 0.502. The maximum atomic E-state index is 11.8. The van der Waals surface area contributed by atoms with Gasteiger partial charge in [-0.15, -0.1) is 0 Å². The Morgan fingerprint density at radius 2 is 1.97 bits per heavy atom. The molecule has 1 aliphatic carbocycles. The van der Waals surface area contributed by atoms with E-state index in [1.165, 1.54) is 16.6 Å². The van der Waals surface area contributed by atoms with Crippen LogP contribution in [0.2, 0.25) is 0 Å². The third kappa shape index (κ3) is 4.84. The molecule has 30 heavy (non-hydrogen) atoms. The topological polar surface area (TPSA) is 56.1 Å². The van der Waals surface area contributed by atoms with Gasteiger partial charge in [-0.25, -0.2) is 4.98 Å². The first-order valence-electron chi connectivity index (χ1n) is 11.0. The molecule has 0 spiro atoms. The number of carbonyl (C=O) groups is 1. The van der Waals surface area contributed by atoms with Crippen LogP contribution < -0.4 is 10.1 Å². The molecule has 1 aliphatic rings. The molecule has 1 N–H and O–H groups in total. The summed E-state index contributed by atoms with van der Waals surface area (Å²) >= 11 is 0. The third-order valence-electron chi connectivity index (χ3n) is 5.90. The Morgan fingerprint density at radius 1 is 1.13 bits per heavy atom. The van der Waals surface area contributed by atoms with Crippen molar-refractivity contribution in [2.75, 3.05) is 13.2 Å². The van der Waals surface area contributed by atoms with Gasteiger partial charge in [-0.1, -0.05) is 24.3 Å². The molecule has 0 bridgehead atoms. The summed E-state index contributed by atoms with van der Waals surface area (Å²) in [6.07, 6.45) is 4.77. The van der Waals surface area contributed by atoms with Gasteiger partial charge in [-0.05, 0) is 68.9 Å². The van der Waals surface area contributed by atoms with Crippen molar-refractivity contribution in [3.05, 3.63) is 59.4 Å². The highest BCUT2D eigenvalue weighted by molar-refractivity contribution is 5.80. The maximum absolute atomic E-state index is 11.8. The number of aryl methyl sites for hydroxylation is 3. The van der Waals surface area contributed by atoms with Crippen molar-refractivity contribution < 1.29 is 9.53 Å². The number of fused-ring (bicyclic) bond motifs is 1. The van der Waals surface area contributed by atoms with E-state index < -0.39 is 0 Å². The van der Waals surface area contributed by atoms with Crippen LogP contribution in [-0.4, -0.2) is 28.6 Å². The summed E-state index contributed by atoms with van der Waals surface area (Å²) in [5.41, 5.74) is 4.66. The molecule has 3 aromatic rings. The molecule has 1 amide bonds. The molecule has 0 aliphatic heterocycles. The Kier molecular flexibility index (Phi) is 6.36. The van der Waals surface area contributed by atoms with Gasteiger partial charge in [0.1, 0.15) is 11.6 Å². The van der Waals surface area contributed by atoms with Gasteiger partial charge in [-0.2, -0.15) is 0 Å². The van der Waals surface area contributed by atoms with Gasteiger partial charge in [0.25, 0.3) is 0 Å². The van der Waals surface area contributed by atoms with Crippen LogP contribution in [-0.2, 0) is 17.8 Å². The standard InChI is InChI=1S/C25H31N3O2/c1-18-8-5-11-23(19(18)2)30-17-7-16-28-22-10-4-3-9-21(22)27-24(28)12-6-15-26-25(29)20-13-14-20/h3-5,8-11,20H,6-7,12-17H2,1-2H3,(H,26,29). The monoisotopic (exact) mass is 405 g/mol. The van der Waals surface area contributed by atoms with E-state index in [0.29, 0.717) is 13.2 Å². The summed E-state index contributed by atoms with van der Waals surface area (Å²) in [6, 6.07) is 14.5. The van der Waals surface area contributed by atoms with Crippen LogP contribution >= 0.6 is 0 Å². The summed E-state index contributed by atoms with van der Waals surface area (Å²) in [5, 5.41) is 3.05. The molecule has 0 saturated heterocycles. The van der Waals surface area contributed by atoms with Crippen molar-refractivity contribution >= 4 is 16.9 Å². The zero-order valence-electron chi connectivity index (χ0n) is 18.0. The average Bonchev–Trinajstić information content (AvgIpc) is 3.54. The van der Waals surface area contributed by atoms with Crippen LogP contribution in [0.5, 0.6) is 5.75 Å². The maximum Gasteiger partial charge on any atom is 0.223 e. The van der Waals surface area contributed by atoms with Crippen LogP contribution in [0, 0.1) is 19.8 Å². The van der Waals surface area contributed by atoms with Crippen LogP contribution in [0.3, 0.4) is 0 Å². The summed E-state index contributed by atoms with van der Waals surface area (Å²) in [4.78, 5) is 16.7. The Labute approximate surface area is 178 Å². The van der Waals surface area contributed by atoms with Crippen molar-refractivity contribution in [2.45, 2.75) is 52.5 Å². The minimum Gasteiger partial charge on any atom is -0.493 e. The van der Waals surface area contributed by atoms with Crippen LogP contribution in [0.4, 0.5) is 0 Å². The fourth-order valence-electron chi connectivity index (χ4n) is 3.80. The molecular formula is C25H31N3O2. The molecule has 1 heterocycles. The molecule has 1 fully saturated rings. The molecule has 5 nitrogen and oxygen atoms in total. The number of nitrogens with zero attached hydrogens (tertiary/aromatic N) is 2. The Bertz CT molecular complexity index is 1020. The number of aromatic nitrogens is 2. The number of amides is 1. The summed E-state index contributed by atoms with van der Waals surface area (Å²) in [7, 11) is 0. The highest BCUT2D eigenvalue weighted by atomic mass is 16.5. The van der Waals surface area contributed by atoms with Crippen molar-refractivity contribution in [1.82, 2.24) is 14.9 Å². The lowest BCUT2D eigenvalue weighted by Crippen LogP contribution is -2.26. The first kappa shape index (κ1) is 20.5. The number of para-hydroxylation sites is 2. The molecule has 0 radical (unpaired) electrons. The molecule has 1 saturated carbocycles. The highest BCUT2D eigenvalue weighted by Crippen LogP contribution is 2.28. The number of ether oxygens (including phenoxy) is 1. The van der Waals surface area contributed by atoms with Crippen LogP contribution in [0.1, 0.15) is 42.6 Å². The van der Waals surface area contributed by atoms with Crippen LogP contribution in [0.15, 0.2) is 42.5 Å². The second-order valence-electron chi connectivity index (χ2n) is 8.24. The zero-order chi connectivity index (χ0) is 20.9. The molecule has 4 rings (SSSR count). The van der Waals surface area contributed by atoms with Crippen molar-refractivity contribution in [3.8, 4) is 5.75 Å². The predicted molar refractivity (Wildman–Crippen MR) is 120 cm³/mol. The van der Waals surface area contributed by atoms with Gasteiger partial charge in [0, 0.05) is 25.4 Å². The van der Waals surface area contributed by atoms with E-state index in [-0.39, 0.29) is 11.8 Å². The Balaban J connectivity index is 1.35. The fraction of sp³-hybridized carbons (Fsp3) is 0.440. The first-order valence-corrected chi connectivity index (χ1v) is 11.0. The molecule has 158 valence electrons. The summed E-state index contributed by atoms with van der Waals surface area (Å²) in [6.45, 7) is 6.48. The first-order chi connectivity index (χ1) is 14.6. The van der Waals surface area contributed by atoms with Gasteiger partial charge in [0.15, 0.2) is 0 Å². The number of benzene rings is 2. The Hall–Kier alpha value is -2.82. The van der Waals surface area contributed by atoms with E-state index in [0.717, 1.165) is 55.7 Å². The molecule has 2 aromatic carbocycles. The fourth-order valence-corrected chi connectivity index (χ4v) is 3.80. The van der Waals surface area contributed by atoms with Gasteiger partial charge in [0.05, 0.1) is 17.6 Å². The number of imidazole rings is 1. The van der Waals surface area contributed by atoms with E-state index >= 15 is 0 Å². The lowest BCUT2D eigenvalue weighted by molar-refractivity contribution is -0.122. The minimum atomic E-state index is 0.215. The highest BCUT2D eigenvalue weighted by Gasteiger charge is 2.29. The normalized spacial score (nSPS) is 13.5. The molecule has 1 aromatic heterocycles. The number of nitrogens with one attached hydrogen (secondary N) is 1. The van der Waals surface area contributed by atoms with Gasteiger partial charge in [-0.3, -0.25) is 4.79 Å². The lowest BCUT2D eigenvalue weighted by Gasteiger charge is -2.13. The van der Waals surface area contributed by atoms with Gasteiger partial charge in [0.2, 0.25) is 5.91 Å². The summed E-state index contributed by atoms with van der Waals surface area (Å²) in [5.74, 6) is 2.54. The number of hydrogen-bond donors (Lipinski definition) is 1. The number of carbonyl (C=O) groups excluding carboxylic acids is 1. The van der Waals surface area contributed by atoms with Crippen molar-refractivity contribution in [2.24, 2.45) is 5.92 Å². The number of hydrogen-bond acceptors (Lipinski definition) is 3. The second kappa shape index (κ2) is 9.33. The van der Waals surface area contributed by atoms with E-state index in [4.69, 9.17) is 9.72 Å². The second-order valence-corrected chi connectivity index (χ2v) is 8.24. The third-order valence-corrected chi connectivity index (χ3v) is 5.90. The minimum absolute atomic E-state index is 0.215. The van der Waals surface area contributed by atoms with Gasteiger partial charge >= 0.3 is 0 Å². The van der Waals surface area contributed by atoms with E-state index in [1.807, 2.05) is 18.2 Å². The van der Waals surface area contributed by atoms with Crippen molar-refractivity contribution in [1.29, 1.82) is 0 Å². The number of rotatable bonds is 10. The van der Waals surface area contributed by atoms with E-state index in [2.05, 4.69) is 48.0 Å². The SMILES string of the molecule is Cc1cccc(OCCCn2c(CCCNC(=O)C3CC3)nc3ccccc32)c1C. The largest absolute Gasteiger partial charge is 0.493 e. The summed E-state index contributed by atoms with van der Waals surface area (Å²) < 4.78 is 8.35. The van der Waals surface area contributed by atoms with Crippen LogP contribution in [0.25, 0.3) is 11.0 Å². The average molecular weight is 406 g/mol. The lowest BCUT2D eigenvalue weighted by atomic mass is 10.1. The predicted octanol–water partition coefficient (Wildman–Crippen LogP) is 4.58. The van der Waals surface area contributed by atoms with Gasteiger partial charge < -0.3 is 14.6 Å². The smallest absolute Gasteiger partial charge is 0.223 e. The Morgan fingerprint density at radius 3 is 2.80 bits per heavy atom. The molecule has 0 atom stereocenters. The molecule has 0 unspecified atom stereocenters. The van der Waals surface area contributed by atoms with E-state index in [1.54, 1.807) is 0 Å². The molecular weight excluding hydrogens is 374 g/mol.